The molecule has 156 valence electrons. The van der Waals surface area contributed by atoms with Crippen LogP contribution in [0.5, 0.6) is 11.6 Å². The highest BCUT2D eigenvalue weighted by Crippen LogP contribution is 2.39. The number of rotatable bonds is 5. The van der Waals surface area contributed by atoms with Gasteiger partial charge < -0.3 is 19.7 Å². The van der Waals surface area contributed by atoms with Crippen LogP contribution in [0.15, 0.2) is 83.0 Å². The van der Waals surface area contributed by atoms with E-state index in [1.807, 2.05) is 78.2 Å². The zero-order valence-corrected chi connectivity index (χ0v) is 18.1. The summed E-state index contributed by atoms with van der Waals surface area (Å²) in [4.78, 5) is 0. The van der Waals surface area contributed by atoms with Crippen LogP contribution in [-0.4, -0.2) is 21.9 Å². The molecule has 0 radical (unpaired) electrons. The lowest BCUT2D eigenvalue weighted by Gasteiger charge is -2.08. The highest BCUT2D eigenvalue weighted by atomic mass is 32.1. The van der Waals surface area contributed by atoms with Crippen molar-refractivity contribution in [3.63, 3.8) is 0 Å². The van der Waals surface area contributed by atoms with E-state index in [0.717, 1.165) is 27.9 Å². The number of para-hydroxylation sites is 1. The van der Waals surface area contributed by atoms with Gasteiger partial charge in [0.05, 0.1) is 19.2 Å². The zero-order chi connectivity index (χ0) is 21.8. The number of aromatic nitrogens is 1. The average molecular weight is 431 g/mol. The van der Waals surface area contributed by atoms with Gasteiger partial charge in [-0.3, -0.25) is 0 Å². The Kier molecular flexibility index (Phi) is 5.95. The Bertz CT molecular complexity index is 1260. The van der Waals surface area contributed by atoms with Crippen molar-refractivity contribution in [2.75, 3.05) is 12.4 Å². The predicted octanol–water partition coefficient (Wildman–Crippen LogP) is 6.19. The van der Waals surface area contributed by atoms with Crippen molar-refractivity contribution < 1.29 is 9.84 Å². The third kappa shape index (κ3) is 4.57. The number of azo groups is 1. The van der Waals surface area contributed by atoms with Crippen LogP contribution in [0.4, 0.5) is 11.4 Å². The maximum Gasteiger partial charge on any atom is 0.221 e. The average Bonchev–Trinajstić information content (AvgIpc) is 3.04. The summed E-state index contributed by atoms with van der Waals surface area (Å²) in [6.07, 6.45) is 0. The molecule has 0 aliphatic heterocycles. The highest BCUT2D eigenvalue weighted by Gasteiger charge is 2.16. The molecule has 4 rings (SSSR count). The van der Waals surface area contributed by atoms with E-state index in [-0.39, 0.29) is 11.0 Å². The smallest absolute Gasteiger partial charge is 0.221 e. The van der Waals surface area contributed by atoms with Crippen LogP contribution >= 0.6 is 12.2 Å². The largest absolute Gasteiger partial charge is 0.497 e. The third-order valence-corrected chi connectivity index (χ3v) is 5.11. The monoisotopic (exact) mass is 430 g/mol. The molecule has 6 nitrogen and oxygen atoms in total. The molecule has 1 aromatic heterocycles. The molecular weight excluding hydrogens is 408 g/mol. The first kappa shape index (κ1) is 20.6. The van der Waals surface area contributed by atoms with Gasteiger partial charge in [0, 0.05) is 11.1 Å². The van der Waals surface area contributed by atoms with Gasteiger partial charge in [0.25, 0.3) is 0 Å². The minimum absolute atomic E-state index is 0.0544. The Morgan fingerprint density at radius 2 is 1.84 bits per heavy atom. The van der Waals surface area contributed by atoms with Crippen molar-refractivity contribution in [2.45, 2.75) is 13.5 Å². The fourth-order valence-electron chi connectivity index (χ4n) is 3.44. The molecule has 0 spiro atoms. The molecule has 0 aliphatic carbocycles. The maximum absolute atomic E-state index is 10.9. The van der Waals surface area contributed by atoms with Crippen molar-refractivity contribution in [1.82, 2.24) is 4.57 Å². The van der Waals surface area contributed by atoms with Crippen LogP contribution in [0.25, 0.3) is 10.9 Å². The van der Waals surface area contributed by atoms with Gasteiger partial charge in [-0.25, -0.2) is 0 Å². The van der Waals surface area contributed by atoms with E-state index in [9.17, 15) is 5.11 Å². The van der Waals surface area contributed by atoms with E-state index in [1.54, 1.807) is 7.11 Å². The Morgan fingerprint density at radius 1 is 1.06 bits per heavy atom. The minimum atomic E-state index is 0.0544. The molecular formula is C24H22N4O2S. The van der Waals surface area contributed by atoms with Crippen LogP contribution in [0.3, 0.4) is 0 Å². The topological polar surface area (TPSA) is 71.1 Å². The number of methoxy groups -OCH3 is 1. The SMILES string of the molecule is COc1ccc(NC(=S)N=Nc2c(O)n(Cc3cccc(C)c3)c3ccccc23)cc1. The summed E-state index contributed by atoms with van der Waals surface area (Å²) in [6, 6.07) is 23.2. The van der Waals surface area contributed by atoms with Gasteiger partial charge in [0.1, 0.15) is 5.75 Å². The molecule has 0 amide bonds. The van der Waals surface area contributed by atoms with E-state index in [0.29, 0.717) is 12.2 Å². The molecule has 4 aromatic rings. The maximum atomic E-state index is 10.9. The number of hydrogen-bond donors (Lipinski definition) is 2. The van der Waals surface area contributed by atoms with Gasteiger partial charge in [-0.05, 0) is 55.0 Å². The van der Waals surface area contributed by atoms with E-state index >= 15 is 0 Å². The minimum Gasteiger partial charge on any atom is -0.497 e. The molecule has 7 heteroatoms. The molecule has 2 N–H and O–H groups in total. The first-order valence-electron chi connectivity index (χ1n) is 9.77. The molecule has 0 saturated heterocycles. The second-order valence-corrected chi connectivity index (χ2v) is 7.51. The van der Waals surface area contributed by atoms with Crippen LogP contribution in [0, 0.1) is 6.92 Å². The lowest BCUT2D eigenvalue weighted by molar-refractivity contribution is 0.415. The number of anilines is 1. The van der Waals surface area contributed by atoms with Gasteiger partial charge in [-0.15, -0.1) is 10.2 Å². The molecule has 0 aliphatic rings. The summed E-state index contributed by atoms with van der Waals surface area (Å²) < 4.78 is 6.98. The normalized spacial score (nSPS) is 11.2. The van der Waals surface area contributed by atoms with Gasteiger partial charge >= 0.3 is 0 Å². The van der Waals surface area contributed by atoms with E-state index in [1.165, 1.54) is 5.56 Å². The summed E-state index contributed by atoms with van der Waals surface area (Å²) in [6.45, 7) is 2.58. The van der Waals surface area contributed by atoms with Crippen LogP contribution in [0.1, 0.15) is 11.1 Å². The van der Waals surface area contributed by atoms with Gasteiger partial charge in [-0.2, -0.15) is 0 Å². The number of hydrogen-bond acceptors (Lipinski definition) is 4. The standard InChI is InChI=1S/C24H22N4O2S/c1-16-6-5-7-17(14-16)15-28-21-9-4-3-8-20(21)22(23(28)29)26-27-24(31)25-18-10-12-19(30-2)13-11-18/h3-14,29H,15H2,1-2H3,(H,25,31). The molecule has 0 fully saturated rings. The molecule has 3 aromatic carbocycles. The third-order valence-electron chi connectivity index (χ3n) is 4.92. The molecule has 0 unspecified atom stereocenters. The number of fused-ring (bicyclic) bond motifs is 1. The number of benzene rings is 3. The number of nitrogens with zero attached hydrogens (tertiary/aromatic N) is 3. The van der Waals surface area contributed by atoms with Crippen LogP contribution in [-0.2, 0) is 6.54 Å². The lowest BCUT2D eigenvalue weighted by atomic mass is 10.1. The number of aryl methyl sites for hydroxylation is 1. The number of nitrogens with one attached hydrogen (secondary N) is 1. The number of aromatic hydroxyl groups is 1. The Labute approximate surface area is 185 Å². The van der Waals surface area contributed by atoms with E-state index < -0.39 is 0 Å². The van der Waals surface area contributed by atoms with Crippen LogP contribution < -0.4 is 10.1 Å². The highest BCUT2D eigenvalue weighted by molar-refractivity contribution is 7.80. The zero-order valence-electron chi connectivity index (χ0n) is 17.2. The van der Waals surface area contributed by atoms with Crippen molar-refractivity contribution in [3.8, 4) is 11.6 Å². The van der Waals surface area contributed by atoms with Gasteiger partial charge in [0.15, 0.2) is 5.69 Å². The second kappa shape index (κ2) is 8.97. The lowest BCUT2D eigenvalue weighted by Crippen LogP contribution is -2.04. The molecule has 0 atom stereocenters. The summed E-state index contributed by atoms with van der Waals surface area (Å²) in [5, 5.41) is 23.3. The van der Waals surface area contributed by atoms with Crippen molar-refractivity contribution in [3.05, 3.63) is 83.9 Å². The fourth-order valence-corrected chi connectivity index (χ4v) is 3.60. The number of thiocarbonyl (C=S) groups is 1. The Morgan fingerprint density at radius 3 is 2.58 bits per heavy atom. The fraction of sp³-hybridized carbons (Fsp3) is 0.125. The predicted molar refractivity (Wildman–Crippen MR) is 128 cm³/mol. The summed E-state index contributed by atoms with van der Waals surface area (Å²) in [5.41, 5.74) is 4.31. The van der Waals surface area contributed by atoms with Gasteiger partial charge in [-0.1, -0.05) is 48.0 Å². The first-order chi connectivity index (χ1) is 15.0. The van der Waals surface area contributed by atoms with Crippen molar-refractivity contribution >= 4 is 39.6 Å². The molecule has 0 bridgehead atoms. The molecule has 1 heterocycles. The first-order valence-corrected chi connectivity index (χ1v) is 10.2. The van der Waals surface area contributed by atoms with E-state index in [2.05, 4.69) is 21.6 Å². The molecule has 31 heavy (non-hydrogen) atoms. The van der Waals surface area contributed by atoms with Crippen LogP contribution in [0.2, 0.25) is 0 Å². The quantitative estimate of drug-likeness (QED) is 0.292. The number of ether oxygens (including phenoxy) is 1. The summed E-state index contributed by atoms with van der Waals surface area (Å²) in [7, 11) is 1.61. The summed E-state index contributed by atoms with van der Waals surface area (Å²) >= 11 is 5.30. The van der Waals surface area contributed by atoms with Crippen molar-refractivity contribution in [1.29, 1.82) is 0 Å². The second-order valence-electron chi connectivity index (χ2n) is 7.12. The summed E-state index contributed by atoms with van der Waals surface area (Å²) in [5.74, 6) is 0.808. The van der Waals surface area contributed by atoms with E-state index in [4.69, 9.17) is 17.0 Å². The Hall–Kier alpha value is -3.71. The molecule has 0 saturated carbocycles. The van der Waals surface area contributed by atoms with Crippen molar-refractivity contribution in [2.24, 2.45) is 10.2 Å². The Balaban J connectivity index is 1.61. The van der Waals surface area contributed by atoms with Gasteiger partial charge in [0.2, 0.25) is 11.0 Å².